The average molecular weight is 934 g/mol. The minimum absolute atomic E-state index is 0.0209. The number of esters is 2. The smallest absolute Gasteiger partial charge is 0.349 e. The van der Waals surface area contributed by atoms with E-state index < -0.39 is 23.8 Å². The fourth-order valence-corrected chi connectivity index (χ4v) is 8.02. The summed E-state index contributed by atoms with van der Waals surface area (Å²) in [5, 5.41) is 9.83. The lowest BCUT2D eigenvalue weighted by molar-refractivity contribution is 0.0401. The molecule has 0 unspecified atom stereocenters. The first-order valence-electron chi connectivity index (χ1n) is 14.3. The molecule has 0 fully saturated rings. The van der Waals surface area contributed by atoms with Crippen molar-refractivity contribution in [2.75, 3.05) is 10.6 Å². The quantitative estimate of drug-likeness (QED) is 0.117. The first kappa shape index (κ1) is 36.2. The van der Waals surface area contributed by atoms with Gasteiger partial charge in [0.1, 0.15) is 21.1 Å². The van der Waals surface area contributed by atoms with Gasteiger partial charge in [0.2, 0.25) is 0 Å². The summed E-state index contributed by atoms with van der Waals surface area (Å²) in [6.45, 7) is 0. The van der Waals surface area contributed by atoms with Gasteiger partial charge in [0, 0.05) is 46.4 Å². The first-order chi connectivity index (χ1) is 24.0. The Morgan fingerprint density at radius 2 is 1.08 bits per heavy atom. The minimum Gasteiger partial charge on any atom is -0.386 e. The van der Waals surface area contributed by atoms with E-state index in [1.165, 1.54) is 0 Å². The van der Waals surface area contributed by atoms with Crippen LogP contribution < -0.4 is 10.6 Å². The Morgan fingerprint density at radius 1 is 0.580 bits per heavy atom. The second kappa shape index (κ2) is 15.7. The van der Waals surface area contributed by atoms with Gasteiger partial charge in [-0.1, -0.05) is 95.3 Å². The molecule has 50 heavy (non-hydrogen) atoms. The molecule has 0 aliphatic heterocycles. The number of thiophene rings is 2. The van der Waals surface area contributed by atoms with Gasteiger partial charge in [-0.2, -0.15) is 0 Å². The molecule has 0 radical (unpaired) electrons. The number of carbonyl (C=O) groups excluding carboxylic acids is 4. The SMILES string of the molecule is O=C(Nc1scc(-c2ccc(Cl)c(Cl)c2)c1C(=O)OC(=O)c1c(-c2ccccc2Br)csc1NC(=O)c1ccc(Br)cc1)c1ccc(Br)cc1. The molecule has 2 N–H and O–H groups in total. The zero-order valence-corrected chi connectivity index (χ0v) is 33.0. The van der Waals surface area contributed by atoms with E-state index in [9.17, 15) is 19.2 Å². The number of hydrogen-bond donors (Lipinski definition) is 2. The first-order valence-corrected chi connectivity index (χ1v) is 19.2. The number of halogens is 5. The number of ether oxygens (including phenoxy) is 1. The van der Waals surface area contributed by atoms with Crippen LogP contribution in [-0.2, 0) is 4.74 Å². The van der Waals surface area contributed by atoms with Crippen molar-refractivity contribution in [3.63, 3.8) is 0 Å². The molecule has 0 aliphatic rings. The Labute approximate surface area is 329 Å². The van der Waals surface area contributed by atoms with Crippen molar-refractivity contribution in [1.82, 2.24) is 0 Å². The van der Waals surface area contributed by atoms with Gasteiger partial charge < -0.3 is 15.4 Å². The number of hydrogen-bond acceptors (Lipinski definition) is 7. The van der Waals surface area contributed by atoms with Gasteiger partial charge in [-0.05, 0) is 77.9 Å². The summed E-state index contributed by atoms with van der Waals surface area (Å²) >= 11 is 24.9. The van der Waals surface area contributed by atoms with Crippen LogP contribution in [0.1, 0.15) is 41.4 Å². The summed E-state index contributed by atoms with van der Waals surface area (Å²) in [5.74, 6) is -2.98. The van der Waals surface area contributed by atoms with Crippen LogP contribution in [0.4, 0.5) is 10.0 Å². The third-order valence-corrected chi connectivity index (χ3v) is 11.5. The van der Waals surface area contributed by atoms with Crippen molar-refractivity contribution in [3.05, 3.63) is 147 Å². The predicted molar refractivity (Wildman–Crippen MR) is 211 cm³/mol. The molecule has 0 saturated heterocycles. The topological polar surface area (TPSA) is 102 Å². The van der Waals surface area contributed by atoms with Crippen LogP contribution in [-0.4, -0.2) is 23.8 Å². The molecule has 0 spiro atoms. The molecule has 6 rings (SSSR count). The van der Waals surface area contributed by atoms with Gasteiger partial charge in [-0.3, -0.25) is 9.59 Å². The third kappa shape index (κ3) is 7.97. The Balaban J connectivity index is 1.39. The summed E-state index contributed by atoms with van der Waals surface area (Å²) in [7, 11) is 0. The van der Waals surface area contributed by atoms with Crippen LogP contribution >= 0.6 is 93.7 Å². The summed E-state index contributed by atoms with van der Waals surface area (Å²) < 4.78 is 7.86. The maximum Gasteiger partial charge on any atom is 0.349 e. The van der Waals surface area contributed by atoms with Gasteiger partial charge in [0.15, 0.2) is 0 Å². The Kier molecular flexibility index (Phi) is 11.4. The number of nitrogens with one attached hydrogen (secondary N) is 2. The van der Waals surface area contributed by atoms with Crippen LogP contribution in [0.25, 0.3) is 22.3 Å². The largest absolute Gasteiger partial charge is 0.386 e. The van der Waals surface area contributed by atoms with Crippen molar-refractivity contribution < 1.29 is 23.9 Å². The molecular formula is C36H19Br3Cl2N2O5S2. The number of carbonyl (C=O) groups is 4. The lowest BCUT2D eigenvalue weighted by Crippen LogP contribution is -2.19. The normalized spacial score (nSPS) is 10.8. The van der Waals surface area contributed by atoms with Crippen molar-refractivity contribution in [2.45, 2.75) is 0 Å². The summed E-state index contributed by atoms with van der Waals surface area (Å²) in [5.41, 5.74) is 2.55. The predicted octanol–water partition coefficient (Wildman–Crippen LogP) is 12.2. The lowest BCUT2D eigenvalue weighted by atomic mass is 10.0. The maximum atomic E-state index is 14.1. The van der Waals surface area contributed by atoms with E-state index in [-0.39, 0.29) is 26.2 Å². The summed E-state index contributed by atoms with van der Waals surface area (Å²) in [6, 6.07) is 25.4. The highest BCUT2D eigenvalue weighted by Crippen LogP contribution is 2.42. The summed E-state index contributed by atoms with van der Waals surface area (Å²) in [6.07, 6.45) is 0. The summed E-state index contributed by atoms with van der Waals surface area (Å²) in [4.78, 5) is 54.7. The maximum absolute atomic E-state index is 14.1. The molecule has 7 nitrogen and oxygen atoms in total. The van der Waals surface area contributed by atoms with Crippen LogP contribution in [0.2, 0.25) is 10.0 Å². The van der Waals surface area contributed by atoms with E-state index >= 15 is 0 Å². The molecule has 14 heteroatoms. The monoisotopic (exact) mass is 930 g/mol. The van der Waals surface area contributed by atoms with Crippen molar-refractivity contribution in [2.24, 2.45) is 0 Å². The van der Waals surface area contributed by atoms with Crippen molar-refractivity contribution in [3.8, 4) is 22.3 Å². The fourth-order valence-electron chi connectivity index (χ4n) is 4.80. The van der Waals surface area contributed by atoms with E-state index in [4.69, 9.17) is 27.9 Å². The molecule has 0 atom stereocenters. The second-order valence-corrected chi connectivity index (χ2v) is 15.7. The molecule has 0 bridgehead atoms. The fraction of sp³-hybridized carbons (Fsp3) is 0. The van der Waals surface area contributed by atoms with Crippen LogP contribution in [0.3, 0.4) is 0 Å². The van der Waals surface area contributed by atoms with Gasteiger partial charge in [-0.25, -0.2) is 9.59 Å². The number of anilines is 2. The number of benzene rings is 4. The minimum atomic E-state index is -1.03. The zero-order chi connectivity index (χ0) is 35.5. The molecule has 6 aromatic rings. The van der Waals surface area contributed by atoms with Crippen molar-refractivity contribution >= 4 is 127 Å². The van der Waals surface area contributed by atoms with Gasteiger partial charge in [0.25, 0.3) is 11.8 Å². The third-order valence-electron chi connectivity index (χ3n) is 7.24. The second-order valence-electron chi connectivity index (χ2n) is 10.4. The zero-order valence-electron chi connectivity index (χ0n) is 25.1. The Hall–Kier alpha value is -3.62. The molecule has 2 heterocycles. The van der Waals surface area contributed by atoms with Gasteiger partial charge >= 0.3 is 11.9 Å². The number of amides is 2. The highest BCUT2D eigenvalue weighted by Gasteiger charge is 2.30. The molecular weight excluding hydrogens is 915 g/mol. The van der Waals surface area contributed by atoms with Crippen LogP contribution in [0.5, 0.6) is 0 Å². The highest BCUT2D eigenvalue weighted by molar-refractivity contribution is 9.11. The molecule has 250 valence electrons. The van der Waals surface area contributed by atoms with Gasteiger partial charge in [0.05, 0.1) is 10.0 Å². The Morgan fingerprint density at radius 3 is 1.60 bits per heavy atom. The van der Waals surface area contributed by atoms with Crippen LogP contribution in [0, 0.1) is 0 Å². The van der Waals surface area contributed by atoms with E-state index in [1.807, 2.05) is 12.1 Å². The highest BCUT2D eigenvalue weighted by atomic mass is 79.9. The standard InChI is InChI=1S/C36H19Br3Cl2N2O5S2/c37-21-10-5-18(6-11-21)31(44)42-33-29(24(16-49-33)20-9-14-27(40)28(41)15-20)35(46)48-36(47)30-25(23-3-1-2-4-26(23)39)17-50-34(30)43-32(45)19-7-12-22(38)13-8-19/h1-17H,(H,42,44)(H,43,45). The van der Waals surface area contributed by atoms with E-state index in [0.717, 1.165) is 31.6 Å². The Bertz CT molecular complexity index is 2290. The van der Waals surface area contributed by atoms with E-state index in [0.29, 0.717) is 42.9 Å². The molecule has 2 aromatic heterocycles. The van der Waals surface area contributed by atoms with Crippen LogP contribution in [0.15, 0.2) is 115 Å². The number of rotatable bonds is 8. The molecule has 0 aliphatic carbocycles. The molecule has 4 aromatic carbocycles. The van der Waals surface area contributed by atoms with E-state index in [1.54, 1.807) is 89.6 Å². The van der Waals surface area contributed by atoms with Gasteiger partial charge in [-0.15, -0.1) is 22.7 Å². The lowest BCUT2D eigenvalue weighted by Gasteiger charge is -2.12. The van der Waals surface area contributed by atoms with Crippen molar-refractivity contribution in [1.29, 1.82) is 0 Å². The van der Waals surface area contributed by atoms with E-state index in [2.05, 4.69) is 58.4 Å². The molecule has 0 saturated carbocycles. The molecule has 2 amide bonds. The average Bonchev–Trinajstić information content (AvgIpc) is 3.71.